The molecule has 0 spiro atoms. The van der Waals surface area contributed by atoms with Crippen molar-refractivity contribution in [2.45, 2.75) is 27.7 Å². The van der Waals surface area contributed by atoms with Crippen LogP contribution in [0.1, 0.15) is 27.7 Å². The zero-order valence-electron chi connectivity index (χ0n) is 13.5. The lowest BCUT2D eigenvalue weighted by atomic mass is 9.88. The first kappa shape index (κ1) is 16.9. The molecule has 0 fully saturated rings. The molecule has 5 heteroatoms. The quantitative estimate of drug-likeness (QED) is 0.888. The Hall–Kier alpha value is -2.17. The van der Waals surface area contributed by atoms with Crippen LogP contribution < -0.4 is 20.1 Å². The van der Waals surface area contributed by atoms with Gasteiger partial charge in [0.1, 0.15) is 11.5 Å². The van der Waals surface area contributed by atoms with Gasteiger partial charge in [0.2, 0.25) is 0 Å². The number of nitrogens with one attached hydrogen (secondary N) is 2. The van der Waals surface area contributed by atoms with E-state index in [1.54, 1.807) is 38.6 Å². The summed E-state index contributed by atoms with van der Waals surface area (Å²) in [6, 6.07) is 4.89. The van der Waals surface area contributed by atoms with Gasteiger partial charge in [-0.25, -0.2) is 4.79 Å². The molecule has 1 aromatic carbocycles. The summed E-state index contributed by atoms with van der Waals surface area (Å²) in [7, 11) is 3.12. The Labute approximate surface area is 126 Å². The van der Waals surface area contributed by atoms with E-state index in [2.05, 4.69) is 31.4 Å². The maximum Gasteiger partial charge on any atom is 0.323 e. The number of hydrogen-bond donors (Lipinski definition) is 2. The number of rotatable bonds is 4. The number of anilines is 1. The molecule has 0 aliphatic carbocycles. The highest BCUT2D eigenvalue weighted by Crippen LogP contribution is 2.29. The molecule has 0 atom stereocenters. The molecule has 0 heterocycles. The molecule has 0 bridgehead atoms. The fourth-order valence-corrected chi connectivity index (χ4v) is 1.45. The van der Waals surface area contributed by atoms with E-state index in [1.807, 2.05) is 6.92 Å². The van der Waals surface area contributed by atoms with Gasteiger partial charge < -0.3 is 20.1 Å². The Morgan fingerprint density at radius 2 is 1.86 bits per heavy atom. The standard InChI is InChI=1S/C16H24N2O3/c1-11(16(2,3)4)10-17-15(19)18-13-8-7-12(20-5)9-14(13)21-6/h7-10H,1-6H3,(H2,17,18,19)/b11-10+. The Morgan fingerprint density at radius 1 is 1.19 bits per heavy atom. The summed E-state index contributed by atoms with van der Waals surface area (Å²) in [6.45, 7) is 8.25. The second kappa shape index (κ2) is 7.02. The van der Waals surface area contributed by atoms with Crippen LogP contribution in [-0.4, -0.2) is 20.3 Å². The van der Waals surface area contributed by atoms with Gasteiger partial charge in [0.25, 0.3) is 0 Å². The van der Waals surface area contributed by atoms with Crippen molar-refractivity contribution in [2.75, 3.05) is 19.5 Å². The first-order valence-electron chi connectivity index (χ1n) is 6.74. The fraction of sp³-hybridized carbons (Fsp3) is 0.438. The molecule has 2 amide bonds. The van der Waals surface area contributed by atoms with E-state index in [-0.39, 0.29) is 11.4 Å². The molecule has 0 saturated carbocycles. The summed E-state index contributed by atoms with van der Waals surface area (Å²) < 4.78 is 10.3. The van der Waals surface area contributed by atoms with Crippen molar-refractivity contribution in [1.82, 2.24) is 5.32 Å². The number of urea groups is 1. The summed E-state index contributed by atoms with van der Waals surface area (Å²) in [5.41, 5.74) is 1.68. The molecular formula is C16H24N2O3. The Bertz CT molecular complexity index is 531. The lowest BCUT2D eigenvalue weighted by molar-refractivity contribution is 0.254. The SMILES string of the molecule is COc1ccc(NC(=O)N/C=C(\C)C(C)(C)C)c(OC)c1. The number of amides is 2. The number of allylic oxidation sites excluding steroid dienone is 1. The third-order valence-corrected chi connectivity index (χ3v) is 3.26. The molecule has 0 radical (unpaired) electrons. The Kier molecular flexibility index (Phi) is 5.64. The third-order valence-electron chi connectivity index (χ3n) is 3.26. The van der Waals surface area contributed by atoms with E-state index in [0.29, 0.717) is 17.2 Å². The molecule has 116 valence electrons. The van der Waals surface area contributed by atoms with Gasteiger partial charge in [0.05, 0.1) is 19.9 Å². The van der Waals surface area contributed by atoms with E-state index < -0.39 is 0 Å². The summed E-state index contributed by atoms with van der Waals surface area (Å²) in [5, 5.41) is 5.46. The average Bonchev–Trinajstić information content (AvgIpc) is 2.44. The van der Waals surface area contributed by atoms with Crippen LogP contribution in [0, 0.1) is 5.41 Å². The van der Waals surface area contributed by atoms with E-state index in [4.69, 9.17) is 9.47 Å². The molecule has 0 aromatic heterocycles. The largest absolute Gasteiger partial charge is 0.497 e. The van der Waals surface area contributed by atoms with Crippen molar-refractivity contribution in [2.24, 2.45) is 5.41 Å². The van der Waals surface area contributed by atoms with Crippen LogP contribution in [0.25, 0.3) is 0 Å². The summed E-state index contributed by atoms with van der Waals surface area (Å²) >= 11 is 0. The highest BCUT2D eigenvalue weighted by Gasteiger charge is 2.13. The van der Waals surface area contributed by atoms with Crippen molar-refractivity contribution >= 4 is 11.7 Å². The van der Waals surface area contributed by atoms with Crippen LogP contribution in [0.4, 0.5) is 10.5 Å². The van der Waals surface area contributed by atoms with Crippen molar-refractivity contribution in [1.29, 1.82) is 0 Å². The van der Waals surface area contributed by atoms with Gasteiger partial charge in [-0.1, -0.05) is 26.3 Å². The van der Waals surface area contributed by atoms with Crippen molar-refractivity contribution in [3.8, 4) is 11.5 Å². The third kappa shape index (κ3) is 5.02. The monoisotopic (exact) mass is 292 g/mol. The fourth-order valence-electron chi connectivity index (χ4n) is 1.45. The van der Waals surface area contributed by atoms with Crippen LogP contribution >= 0.6 is 0 Å². The second-order valence-electron chi connectivity index (χ2n) is 5.74. The first-order valence-corrected chi connectivity index (χ1v) is 6.74. The highest BCUT2D eigenvalue weighted by molar-refractivity contribution is 5.91. The molecule has 2 N–H and O–H groups in total. The number of benzene rings is 1. The molecule has 0 aliphatic rings. The minimum Gasteiger partial charge on any atom is -0.497 e. The molecule has 21 heavy (non-hydrogen) atoms. The van der Waals surface area contributed by atoms with Crippen LogP contribution in [0.5, 0.6) is 11.5 Å². The lowest BCUT2D eigenvalue weighted by Gasteiger charge is -2.19. The van der Waals surface area contributed by atoms with Gasteiger partial charge in [0.15, 0.2) is 0 Å². The van der Waals surface area contributed by atoms with Gasteiger partial charge in [0, 0.05) is 12.3 Å². The predicted molar refractivity (Wildman–Crippen MR) is 84.9 cm³/mol. The predicted octanol–water partition coefficient (Wildman–Crippen LogP) is 3.78. The first-order chi connectivity index (χ1) is 9.77. The van der Waals surface area contributed by atoms with Crippen molar-refractivity contribution < 1.29 is 14.3 Å². The van der Waals surface area contributed by atoms with Gasteiger partial charge in [-0.3, -0.25) is 0 Å². The number of ether oxygens (including phenoxy) is 2. The zero-order chi connectivity index (χ0) is 16.0. The molecule has 5 nitrogen and oxygen atoms in total. The Morgan fingerprint density at radius 3 is 2.38 bits per heavy atom. The maximum absolute atomic E-state index is 11.9. The Balaban J connectivity index is 2.76. The minimum atomic E-state index is -0.318. The van der Waals surface area contributed by atoms with Crippen LogP contribution in [-0.2, 0) is 0 Å². The molecular weight excluding hydrogens is 268 g/mol. The van der Waals surface area contributed by atoms with Gasteiger partial charge in [-0.05, 0) is 24.5 Å². The van der Waals surface area contributed by atoms with Crippen LogP contribution in [0.3, 0.4) is 0 Å². The molecule has 0 unspecified atom stereocenters. The van der Waals surface area contributed by atoms with E-state index in [0.717, 1.165) is 5.57 Å². The summed E-state index contributed by atoms with van der Waals surface area (Å²) in [5.74, 6) is 1.21. The van der Waals surface area contributed by atoms with Gasteiger partial charge in [-0.15, -0.1) is 0 Å². The van der Waals surface area contributed by atoms with E-state index >= 15 is 0 Å². The maximum atomic E-state index is 11.9. The van der Waals surface area contributed by atoms with Crippen molar-refractivity contribution in [3.63, 3.8) is 0 Å². The van der Waals surface area contributed by atoms with Crippen molar-refractivity contribution in [3.05, 3.63) is 30.0 Å². The van der Waals surface area contributed by atoms with Gasteiger partial charge >= 0.3 is 6.03 Å². The number of carbonyl (C=O) groups is 1. The topological polar surface area (TPSA) is 59.6 Å². The molecule has 0 aliphatic heterocycles. The number of carbonyl (C=O) groups excluding carboxylic acids is 1. The van der Waals surface area contributed by atoms with E-state index in [1.165, 1.54) is 0 Å². The summed E-state index contributed by atoms with van der Waals surface area (Å²) in [6.07, 6.45) is 1.71. The molecule has 1 rings (SSSR count). The number of hydrogen-bond acceptors (Lipinski definition) is 3. The zero-order valence-corrected chi connectivity index (χ0v) is 13.5. The highest BCUT2D eigenvalue weighted by atomic mass is 16.5. The molecule has 1 aromatic rings. The lowest BCUT2D eigenvalue weighted by Crippen LogP contribution is -2.25. The van der Waals surface area contributed by atoms with E-state index in [9.17, 15) is 4.79 Å². The minimum absolute atomic E-state index is 0.0189. The smallest absolute Gasteiger partial charge is 0.323 e. The molecule has 0 saturated heterocycles. The number of methoxy groups -OCH3 is 2. The normalized spacial score (nSPS) is 11.8. The van der Waals surface area contributed by atoms with Gasteiger partial charge in [-0.2, -0.15) is 0 Å². The summed E-state index contributed by atoms with van der Waals surface area (Å²) in [4.78, 5) is 11.9. The second-order valence-corrected chi connectivity index (χ2v) is 5.74. The van der Waals surface area contributed by atoms with Crippen LogP contribution in [0.15, 0.2) is 30.0 Å². The van der Waals surface area contributed by atoms with Crippen LogP contribution in [0.2, 0.25) is 0 Å². The average molecular weight is 292 g/mol.